The molecule has 0 saturated heterocycles. The Hall–Kier alpha value is -1.85. The molecule has 2 N–H and O–H groups in total. The Balaban J connectivity index is 2.00. The van der Waals surface area contributed by atoms with Crippen LogP contribution in [-0.2, 0) is 4.79 Å². The van der Waals surface area contributed by atoms with Gasteiger partial charge in [0.15, 0.2) is 5.69 Å². The second kappa shape index (κ2) is 6.07. The third-order valence-electron chi connectivity index (χ3n) is 3.32. The highest BCUT2D eigenvalue weighted by Crippen LogP contribution is 2.40. The number of amides is 2. The monoisotopic (exact) mass is 279 g/mol. The van der Waals surface area contributed by atoms with E-state index in [9.17, 15) is 9.59 Å². The maximum atomic E-state index is 12.1. The summed E-state index contributed by atoms with van der Waals surface area (Å²) in [7, 11) is 1.56. The highest BCUT2D eigenvalue weighted by Gasteiger charge is 2.29. The first-order valence-electron chi connectivity index (χ1n) is 7.00. The summed E-state index contributed by atoms with van der Waals surface area (Å²) in [5.74, 6) is 0.912. The molecule has 1 atom stereocenters. The first-order chi connectivity index (χ1) is 9.51. The number of hydrogen-bond donors (Lipinski definition) is 2. The van der Waals surface area contributed by atoms with E-state index < -0.39 is 6.04 Å². The zero-order valence-electron chi connectivity index (χ0n) is 12.1. The highest BCUT2D eigenvalue weighted by atomic mass is 16.5. The molecule has 2 amide bonds. The molecular weight excluding hydrogens is 258 g/mol. The first-order valence-corrected chi connectivity index (χ1v) is 7.00. The zero-order valence-corrected chi connectivity index (χ0v) is 12.1. The number of nitrogens with zero attached hydrogens (tertiary/aromatic N) is 1. The molecule has 1 aromatic heterocycles. The molecule has 0 bridgehead atoms. The normalized spacial score (nSPS) is 16.0. The van der Waals surface area contributed by atoms with Crippen LogP contribution < -0.4 is 10.6 Å². The van der Waals surface area contributed by atoms with Crippen LogP contribution in [0.5, 0.6) is 0 Å². The van der Waals surface area contributed by atoms with Crippen molar-refractivity contribution in [1.82, 2.24) is 15.8 Å². The molecular formula is C14H21N3O3. The van der Waals surface area contributed by atoms with Gasteiger partial charge in [0.1, 0.15) is 11.8 Å². The molecule has 2 rings (SSSR count). The third-order valence-corrected chi connectivity index (χ3v) is 3.32. The Morgan fingerprint density at radius 3 is 2.70 bits per heavy atom. The largest absolute Gasteiger partial charge is 0.360 e. The molecule has 20 heavy (non-hydrogen) atoms. The fraction of sp³-hybridized carbons (Fsp3) is 0.643. The molecule has 1 saturated carbocycles. The summed E-state index contributed by atoms with van der Waals surface area (Å²) < 4.78 is 5.15. The predicted octanol–water partition coefficient (Wildman–Crippen LogP) is 1.44. The van der Waals surface area contributed by atoms with Crippen molar-refractivity contribution in [2.24, 2.45) is 5.92 Å². The summed E-state index contributed by atoms with van der Waals surface area (Å²) in [6, 6.07) is 1.12. The van der Waals surface area contributed by atoms with Crippen molar-refractivity contribution in [3.63, 3.8) is 0 Å². The second-order valence-corrected chi connectivity index (χ2v) is 5.66. The van der Waals surface area contributed by atoms with Gasteiger partial charge in [0.05, 0.1) is 0 Å². The van der Waals surface area contributed by atoms with Crippen LogP contribution in [-0.4, -0.2) is 30.1 Å². The molecule has 1 fully saturated rings. The van der Waals surface area contributed by atoms with Crippen LogP contribution in [0.4, 0.5) is 0 Å². The lowest BCUT2D eigenvalue weighted by atomic mass is 10.0. The van der Waals surface area contributed by atoms with Gasteiger partial charge in [-0.25, -0.2) is 0 Å². The van der Waals surface area contributed by atoms with Gasteiger partial charge in [-0.3, -0.25) is 9.59 Å². The van der Waals surface area contributed by atoms with E-state index in [1.165, 1.54) is 0 Å². The fourth-order valence-corrected chi connectivity index (χ4v) is 2.07. The van der Waals surface area contributed by atoms with E-state index in [0.29, 0.717) is 18.3 Å². The van der Waals surface area contributed by atoms with E-state index in [2.05, 4.69) is 15.8 Å². The Morgan fingerprint density at radius 1 is 1.45 bits per heavy atom. The summed E-state index contributed by atoms with van der Waals surface area (Å²) in [5.41, 5.74) is 0.240. The van der Waals surface area contributed by atoms with Crippen molar-refractivity contribution in [3.8, 4) is 0 Å². The Morgan fingerprint density at radius 2 is 2.15 bits per heavy atom. The van der Waals surface area contributed by atoms with Gasteiger partial charge in [0, 0.05) is 19.0 Å². The van der Waals surface area contributed by atoms with E-state index in [1.807, 2.05) is 13.8 Å². The molecule has 0 spiro atoms. The van der Waals surface area contributed by atoms with Gasteiger partial charge in [0.25, 0.3) is 5.91 Å². The van der Waals surface area contributed by atoms with Crippen molar-refractivity contribution in [3.05, 3.63) is 17.5 Å². The minimum atomic E-state index is -0.548. The SMILES string of the molecule is CNC(=O)[C@H](CC(C)C)NC(=O)c1cc(C2CC2)on1. The number of aromatic nitrogens is 1. The van der Waals surface area contributed by atoms with Crippen molar-refractivity contribution >= 4 is 11.8 Å². The molecule has 6 nitrogen and oxygen atoms in total. The molecule has 0 radical (unpaired) electrons. The molecule has 0 aliphatic heterocycles. The number of rotatable bonds is 6. The Bertz CT molecular complexity index is 492. The van der Waals surface area contributed by atoms with Crippen molar-refractivity contribution in [2.45, 2.75) is 45.1 Å². The summed E-state index contributed by atoms with van der Waals surface area (Å²) in [5, 5.41) is 9.05. The Labute approximate surface area is 118 Å². The van der Waals surface area contributed by atoms with Crippen LogP contribution in [0.2, 0.25) is 0 Å². The number of likely N-dealkylation sites (N-methyl/N-ethyl adjacent to an activating group) is 1. The molecule has 0 unspecified atom stereocenters. The molecule has 1 aliphatic carbocycles. The number of carbonyl (C=O) groups excluding carboxylic acids is 2. The standard InChI is InChI=1S/C14H21N3O3/c1-8(2)6-10(13(18)15-3)16-14(19)11-7-12(20-17-11)9-4-5-9/h7-10H,4-6H2,1-3H3,(H,15,18)(H,16,19)/t10-/m0/s1. The van der Waals surface area contributed by atoms with E-state index >= 15 is 0 Å². The first kappa shape index (κ1) is 14.6. The average molecular weight is 279 g/mol. The Kier molecular flexibility index (Phi) is 4.42. The number of nitrogens with one attached hydrogen (secondary N) is 2. The van der Waals surface area contributed by atoms with E-state index in [4.69, 9.17) is 4.52 Å². The molecule has 110 valence electrons. The highest BCUT2D eigenvalue weighted by molar-refractivity contribution is 5.96. The van der Waals surface area contributed by atoms with Crippen LogP contribution >= 0.6 is 0 Å². The minimum Gasteiger partial charge on any atom is -0.360 e. The average Bonchev–Trinajstić information content (AvgIpc) is 3.14. The van der Waals surface area contributed by atoms with Crippen LogP contribution in [0.25, 0.3) is 0 Å². The molecule has 1 aliphatic rings. The molecule has 6 heteroatoms. The van der Waals surface area contributed by atoms with Crippen molar-refractivity contribution < 1.29 is 14.1 Å². The summed E-state index contributed by atoms with van der Waals surface area (Å²) in [6.45, 7) is 4.01. The van der Waals surface area contributed by atoms with Crippen molar-refractivity contribution in [2.75, 3.05) is 7.05 Å². The summed E-state index contributed by atoms with van der Waals surface area (Å²) >= 11 is 0. The lowest BCUT2D eigenvalue weighted by molar-refractivity contribution is -0.122. The van der Waals surface area contributed by atoms with E-state index in [-0.39, 0.29) is 17.5 Å². The molecule has 0 aromatic carbocycles. The van der Waals surface area contributed by atoms with Gasteiger partial charge in [0.2, 0.25) is 5.91 Å². The predicted molar refractivity (Wildman–Crippen MR) is 73.3 cm³/mol. The quantitative estimate of drug-likeness (QED) is 0.825. The topological polar surface area (TPSA) is 84.2 Å². The van der Waals surface area contributed by atoms with Gasteiger partial charge < -0.3 is 15.2 Å². The van der Waals surface area contributed by atoms with E-state index in [0.717, 1.165) is 18.6 Å². The van der Waals surface area contributed by atoms with E-state index in [1.54, 1.807) is 13.1 Å². The van der Waals surface area contributed by atoms with Crippen LogP contribution in [0.3, 0.4) is 0 Å². The second-order valence-electron chi connectivity index (χ2n) is 5.66. The summed E-state index contributed by atoms with van der Waals surface area (Å²) in [6.07, 6.45) is 2.76. The summed E-state index contributed by atoms with van der Waals surface area (Å²) in [4.78, 5) is 23.9. The van der Waals surface area contributed by atoms with Gasteiger partial charge in [-0.15, -0.1) is 0 Å². The maximum Gasteiger partial charge on any atom is 0.274 e. The zero-order chi connectivity index (χ0) is 14.7. The lowest BCUT2D eigenvalue weighted by Crippen LogP contribution is -2.46. The lowest BCUT2D eigenvalue weighted by Gasteiger charge is -2.18. The van der Waals surface area contributed by atoms with Gasteiger partial charge in [-0.2, -0.15) is 0 Å². The maximum absolute atomic E-state index is 12.1. The number of carbonyl (C=O) groups is 2. The smallest absolute Gasteiger partial charge is 0.274 e. The van der Waals surface area contributed by atoms with Crippen molar-refractivity contribution in [1.29, 1.82) is 0 Å². The van der Waals surface area contributed by atoms with Crippen LogP contribution in [0.15, 0.2) is 10.6 Å². The minimum absolute atomic E-state index is 0.196. The molecule has 1 heterocycles. The fourth-order valence-electron chi connectivity index (χ4n) is 2.07. The van der Waals surface area contributed by atoms with Crippen LogP contribution in [0, 0.1) is 5.92 Å². The number of hydrogen-bond acceptors (Lipinski definition) is 4. The van der Waals surface area contributed by atoms with Gasteiger partial charge in [-0.05, 0) is 25.2 Å². The van der Waals surface area contributed by atoms with Gasteiger partial charge in [-0.1, -0.05) is 19.0 Å². The van der Waals surface area contributed by atoms with Crippen LogP contribution in [0.1, 0.15) is 55.3 Å². The third kappa shape index (κ3) is 3.59. The van der Waals surface area contributed by atoms with Gasteiger partial charge >= 0.3 is 0 Å². The molecule has 1 aromatic rings.